The molecule has 1 aromatic carbocycles. The van der Waals surface area contributed by atoms with Crippen molar-refractivity contribution < 1.29 is 4.74 Å². The third kappa shape index (κ3) is 4.39. The zero-order valence-electron chi connectivity index (χ0n) is 13.1. The Morgan fingerprint density at radius 3 is 2.37 bits per heavy atom. The molecule has 0 saturated heterocycles. The molecule has 1 rings (SSSR count). The Morgan fingerprint density at radius 1 is 1.21 bits per heavy atom. The number of methoxy groups -OCH3 is 1. The Bertz CT molecular complexity index is 467. The maximum Gasteiger partial charge on any atom is 0.124 e. The number of aryl methyl sites for hydroxylation is 1. The molecule has 19 heavy (non-hydrogen) atoms. The first-order valence-electron chi connectivity index (χ1n) is 6.86. The van der Waals surface area contributed by atoms with Gasteiger partial charge in [-0.25, -0.2) is 0 Å². The molecule has 0 atom stereocenters. The highest BCUT2D eigenvalue weighted by atomic mass is 16.5. The van der Waals surface area contributed by atoms with Gasteiger partial charge in [0, 0.05) is 5.54 Å². The van der Waals surface area contributed by atoms with Crippen molar-refractivity contribution in [3.05, 3.63) is 34.4 Å². The van der Waals surface area contributed by atoms with Gasteiger partial charge in [-0.15, -0.1) is 0 Å². The van der Waals surface area contributed by atoms with Crippen molar-refractivity contribution in [3.8, 4) is 5.75 Å². The van der Waals surface area contributed by atoms with Crippen LogP contribution in [-0.4, -0.2) is 12.6 Å². The van der Waals surface area contributed by atoms with E-state index in [1.54, 1.807) is 7.11 Å². The second kappa shape index (κ2) is 6.25. The summed E-state index contributed by atoms with van der Waals surface area (Å²) in [6, 6.07) is 2.19. The fourth-order valence-corrected chi connectivity index (χ4v) is 2.24. The van der Waals surface area contributed by atoms with Crippen molar-refractivity contribution in [3.63, 3.8) is 0 Å². The van der Waals surface area contributed by atoms with Crippen LogP contribution in [0.15, 0.2) is 12.1 Å². The predicted molar refractivity (Wildman–Crippen MR) is 83.7 cm³/mol. The standard InChI is InChI=1S/C17H27NO/c1-12-11-15(9-7-8-10-17(4,5)18)13(2)14(3)16(12)19-6/h7,9,11H,8,10,18H2,1-6H3/b9-7+. The molecule has 2 nitrogen and oxygen atoms in total. The Hall–Kier alpha value is -1.28. The van der Waals surface area contributed by atoms with E-state index in [4.69, 9.17) is 10.5 Å². The normalized spacial score (nSPS) is 12.2. The second-order valence-corrected chi connectivity index (χ2v) is 6.00. The minimum absolute atomic E-state index is 0.0921. The number of rotatable bonds is 5. The van der Waals surface area contributed by atoms with E-state index >= 15 is 0 Å². The molecule has 0 aliphatic rings. The van der Waals surface area contributed by atoms with Crippen LogP contribution in [0.1, 0.15) is 48.9 Å². The zero-order chi connectivity index (χ0) is 14.6. The van der Waals surface area contributed by atoms with Crippen molar-refractivity contribution in [1.82, 2.24) is 0 Å². The van der Waals surface area contributed by atoms with Gasteiger partial charge >= 0.3 is 0 Å². The fraction of sp³-hybridized carbons (Fsp3) is 0.529. The summed E-state index contributed by atoms with van der Waals surface area (Å²) in [4.78, 5) is 0. The van der Waals surface area contributed by atoms with E-state index in [2.05, 4.69) is 52.8 Å². The van der Waals surface area contributed by atoms with E-state index in [0.717, 1.165) is 18.6 Å². The minimum Gasteiger partial charge on any atom is -0.496 e. The number of allylic oxidation sites excluding steroid dienone is 1. The van der Waals surface area contributed by atoms with Crippen molar-refractivity contribution in [1.29, 1.82) is 0 Å². The summed E-state index contributed by atoms with van der Waals surface area (Å²) in [5, 5.41) is 0. The van der Waals surface area contributed by atoms with Gasteiger partial charge in [0.1, 0.15) is 5.75 Å². The molecule has 0 bridgehead atoms. The van der Waals surface area contributed by atoms with Gasteiger partial charge in [0.25, 0.3) is 0 Å². The highest BCUT2D eigenvalue weighted by Crippen LogP contribution is 2.29. The number of hydrogen-bond donors (Lipinski definition) is 1. The van der Waals surface area contributed by atoms with Crippen LogP contribution in [0, 0.1) is 20.8 Å². The summed E-state index contributed by atoms with van der Waals surface area (Å²) >= 11 is 0. The first-order valence-corrected chi connectivity index (χ1v) is 6.86. The quantitative estimate of drug-likeness (QED) is 0.864. The molecule has 0 aliphatic carbocycles. The predicted octanol–water partition coefficient (Wildman–Crippen LogP) is 4.15. The Morgan fingerprint density at radius 2 is 1.84 bits per heavy atom. The molecular weight excluding hydrogens is 234 g/mol. The van der Waals surface area contributed by atoms with Gasteiger partial charge < -0.3 is 10.5 Å². The summed E-state index contributed by atoms with van der Waals surface area (Å²) in [7, 11) is 1.73. The SMILES string of the molecule is COc1c(C)cc(/C=C/CCC(C)(C)N)c(C)c1C. The van der Waals surface area contributed by atoms with E-state index in [-0.39, 0.29) is 5.54 Å². The molecule has 1 aromatic rings. The van der Waals surface area contributed by atoms with Crippen molar-refractivity contribution >= 4 is 6.08 Å². The van der Waals surface area contributed by atoms with E-state index in [0.29, 0.717) is 0 Å². The number of hydrogen-bond acceptors (Lipinski definition) is 2. The van der Waals surface area contributed by atoms with Gasteiger partial charge in [0.2, 0.25) is 0 Å². The summed E-state index contributed by atoms with van der Waals surface area (Å²) in [6.07, 6.45) is 6.41. The lowest BCUT2D eigenvalue weighted by Crippen LogP contribution is -2.31. The van der Waals surface area contributed by atoms with Crippen LogP contribution in [0.3, 0.4) is 0 Å². The Kier molecular flexibility index (Phi) is 5.19. The van der Waals surface area contributed by atoms with E-state index in [1.807, 2.05) is 0 Å². The van der Waals surface area contributed by atoms with Gasteiger partial charge in [-0.1, -0.05) is 12.2 Å². The third-order valence-electron chi connectivity index (χ3n) is 3.52. The Balaban J connectivity index is 2.88. The molecule has 0 fully saturated rings. The van der Waals surface area contributed by atoms with Gasteiger partial charge in [-0.2, -0.15) is 0 Å². The highest BCUT2D eigenvalue weighted by molar-refractivity contribution is 5.61. The van der Waals surface area contributed by atoms with Gasteiger partial charge in [0.15, 0.2) is 0 Å². The van der Waals surface area contributed by atoms with E-state index in [9.17, 15) is 0 Å². The smallest absolute Gasteiger partial charge is 0.124 e. The van der Waals surface area contributed by atoms with Crippen LogP contribution in [0.2, 0.25) is 0 Å². The maximum absolute atomic E-state index is 5.98. The average molecular weight is 261 g/mol. The lowest BCUT2D eigenvalue weighted by Gasteiger charge is -2.16. The van der Waals surface area contributed by atoms with Crippen LogP contribution in [0.4, 0.5) is 0 Å². The monoisotopic (exact) mass is 261 g/mol. The largest absolute Gasteiger partial charge is 0.496 e. The Labute approximate surface area is 117 Å². The van der Waals surface area contributed by atoms with Crippen LogP contribution in [-0.2, 0) is 0 Å². The van der Waals surface area contributed by atoms with Crippen molar-refractivity contribution in [2.24, 2.45) is 5.73 Å². The van der Waals surface area contributed by atoms with Crippen LogP contribution in [0.5, 0.6) is 5.75 Å². The molecular formula is C17H27NO. The topological polar surface area (TPSA) is 35.2 Å². The van der Waals surface area contributed by atoms with Crippen molar-refractivity contribution in [2.45, 2.75) is 53.0 Å². The molecule has 0 aromatic heterocycles. The highest BCUT2D eigenvalue weighted by Gasteiger charge is 2.10. The lowest BCUT2D eigenvalue weighted by molar-refractivity contribution is 0.408. The summed E-state index contributed by atoms with van der Waals surface area (Å²) in [5.41, 5.74) is 10.8. The number of benzene rings is 1. The summed E-state index contributed by atoms with van der Waals surface area (Å²) in [6.45, 7) is 10.5. The lowest BCUT2D eigenvalue weighted by atomic mass is 9.96. The molecule has 2 N–H and O–H groups in total. The first-order chi connectivity index (χ1) is 8.76. The van der Waals surface area contributed by atoms with Gasteiger partial charge in [-0.05, 0) is 75.8 Å². The molecule has 0 heterocycles. The van der Waals surface area contributed by atoms with E-state index < -0.39 is 0 Å². The molecule has 2 heteroatoms. The summed E-state index contributed by atoms with van der Waals surface area (Å²) < 4.78 is 5.44. The second-order valence-electron chi connectivity index (χ2n) is 6.00. The molecule has 0 aliphatic heterocycles. The average Bonchev–Trinajstić information content (AvgIpc) is 2.30. The van der Waals surface area contributed by atoms with Crippen molar-refractivity contribution in [2.75, 3.05) is 7.11 Å². The molecule has 0 amide bonds. The zero-order valence-corrected chi connectivity index (χ0v) is 13.1. The van der Waals surface area contributed by atoms with Crippen LogP contribution in [0.25, 0.3) is 6.08 Å². The molecule has 106 valence electrons. The van der Waals surface area contributed by atoms with Crippen LogP contribution < -0.4 is 10.5 Å². The molecule has 0 spiro atoms. The van der Waals surface area contributed by atoms with Gasteiger partial charge in [0.05, 0.1) is 7.11 Å². The maximum atomic E-state index is 5.98. The fourth-order valence-electron chi connectivity index (χ4n) is 2.24. The molecule has 0 radical (unpaired) electrons. The summed E-state index contributed by atoms with van der Waals surface area (Å²) in [5.74, 6) is 0.998. The van der Waals surface area contributed by atoms with Gasteiger partial charge in [-0.3, -0.25) is 0 Å². The minimum atomic E-state index is -0.0921. The molecule has 0 unspecified atom stereocenters. The van der Waals surface area contributed by atoms with Crippen LogP contribution >= 0.6 is 0 Å². The number of nitrogens with two attached hydrogens (primary N) is 1. The molecule has 0 saturated carbocycles. The number of ether oxygens (including phenoxy) is 1. The van der Waals surface area contributed by atoms with E-state index in [1.165, 1.54) is 22.3 Å². The first kappa shape index (κ1) is 15.8. The third-order valence-corrected chi connectivity index (χ3v) is 3.52.